The van der Waals surface area contributed by atoms with Crippen molar-refractivity contribution >= 4 is 10.9 Å². The molecule has 0 atom stereocenters. The molecule has 0 saturated heterocycles. The molecule has 1 aromatic heterocycles. The van der Waals surface area contributed by atoms with Gasteiger partial charge in [0.15, 0.2) is 0 Å². The van der Waals surface area contributed by atoms with E-state index in [1.807, 2.05) is 6.92 Å². The van der Waals surface area contributed by atoms with Crippen molar-refractivity contribution < 1.29 is 5.11 Å². The van der Waals surface area contributed by atoms with Gasteiger partial charge in [-0.25, -0.2) is 9.97 Å². The lowest BCUT2D eigenvalue weighted by molar-refractivity contribution is 0.476. The largest absolute Gasteiger partial charge is 0.508 e. The van der Waals surface area contributed by atoms with Gasteiger partial charge in [0.2, 0.25) is 0 Å². The Morgan fingerprint density at radius 3 is 3.00 bits per heavy atom. The van der Waals surface area contributed by atoms with Crippen molar-refractivity contribution in [3.05, 3.63) is 30.2 Å². The molecule has 0 spiro atoms. The summed E-state index contributed by atoms with van der Waals surface area (Å²) in [6.07, 6.45) is 2.57. The molecule has 0 aliphatic carbocycles. The van der Waals surface area contributed by atoms with Crippen LogP contribution >= 0.6 is 0 Å². The van der Waals surface area contributed by atoms with E-state index in [-0.39, 0.29) is 5.75 Å². The van der Waals surface area contributed by atoms with E-state index in [0.717, 1.165) is 23.1 Å². The van der Waals surface area contributed by atoms with Gasteiger partial charge < -0.3 is 5.11 Å². The molecule has 0 fully saturated rings. The number of aryl methyl sites for hydroxylation is 1. The van der Waals surface area contributed by atoms with Crippen molar-refractivity contribution in [1.82, 2.24) is 9.97 Å². The van der Waals surface area contributed by atoms with Crippen LogP contribution in [0.4, 0.5) is 0 Å². The van der Waals surface area contributed by atoms with Gasteiger partial charge in [0, 0.05) is 18.0 Å². The number of hydrogen-bond donors (Lipinski definition) is 1. The van der Waals surface area contributed by atoms with E-state index in [9.17, 15) is 5.11 Å². The van der Waals surface area contributed by atoms with E-state index in [2.05, 4.69) is 9.97 Å². The Morgan fingerprint density at radius 1 is 1.38 bits per heavy atom. The highest BCUT2D eigenvalue weighted by Crippen LogP contribution is 2.17. The molecule has 0 bridgehead atoms. The number of benzene rings is 1. The minimum atomic E-state index is 0.250. The number of hydrogen-bond acceptors (Lipinski definition) is 3. The summed E-state index contributed by atoms with van der Waals surface area (Å²) in [7, 11) is 0. The molecule has 0 unspecified atom stereocenters. The molecule has 1 aromatic carbocycles. The Bertz CT molecular complexity index is 440. The summed E-state index contributed by atoms with van der Waals surface area (Å²) < 4.78 is 0. The molecule has 0 aliphatic rings. The molecule has 13 heavy (non-hydrogen) atoms. The van der Waals surface area contributed by atoms with Crippen LogP contribution in [-0.2, 0) is 6.42 Å². The highest BCUT2D eigenvalue weighted by atomic mass is 16.3. The summed E-state index contributed by atoms with van der Waals surface area (Å²) in [6, 6.07) is 5.09. The number of aromatic nitrogens is 2. The van der Waals surface area contributed by atoms with Gasteiger partial charge in [0.05, 0.1) is 5.52 Å². The molecule has 2 rings (SSSR count). The van der Waals surface area contributed by atoms with Gasteiger partial charge in [-0.05, 0) is 18.2 Å². The zero-order valence-electron chi connectivity index (χ0n) is 7.36. The van der Waals surface area contributed by atoms with Crippen LogP contribution in [0.25, 0.3) is 10.9 Å². The molecular weight excluding hydrogens is 164 g/mol. The van der Waals surface area contributed by atoms with Gasteiger partial charge in [-0.15, -0.1) is 0 Å². The third-order valence-corrected chi connectivity index (χ3v) is 1.93. The quantitative estimate of drug-likeness (QED) is 0.718. The van der Waals surface area contributed by atoms with Crippen LogP contribution in [0, 0.1) is 0 Å². The topological polar surface area (TPSA) is 46.0 Å². The van der Waals surface area contributed by atoms with Crippen molar-refractivity contribution in [2.75, 3.05) is 0 Å². The maximum absolute atomic E-state index is 9.20. The van der Waals surface area contributed by atoms with Gasteiger partial charge in [-0.3, -0.25) is 0 Å². The SMILES string of the molecule is CCc1ncc2cc(O)ccc2n1. The smallest absolute Gasteiger partial charge is 0.128 e. The van der Waals surface area contributed by atoms with Gasteiger partial charge in [-0.1, -0.05) is 6.92 Å². The summed E-state index contributed by atoms with van der Waals surface area (Å²) in [5, 5.41) is 10.1. The second-order valence-corrected chi connectivity index (χ2v) is 2.88. The predicted molar refractivity (Wildman–Crippen MR) is 50.6 cm³/mol. The fraction of sp³-hybridized carbons (Fsp3) is 0.200. The fourth-order valence-corrected chi connectivity index (χ4v) is 1.23. The molecule has 0 amide bonds. The van der Waals surface area contributed by atoms with E-state index >= 15 is 0 Å². The molecule has 0 radical (unpaired) electrons. The highest BCUT2D eigenvalue weighted by molar-refractivity contribution is 5.79. The van der Waals surface area contributed by atoms with Crippen LogP contribution in [-0.4, -0.2) is 15.1 Å². The first kappa shape index (κ1) is 7.98. The van der Waals surface area contributed by atoms with E-state index in [0.29, 0.717) is 0 Å². The monoisotopic (exact) mass is 174 g/mol. The third kappa shape index (κ3) is 1.45. The fourth-order valence-electron chi connectivity index (χ4n) is 1.23. The summed E-state index contributed by atoms with van der Waals surface area (Å²) in [4.78, 5) is 8.46. The first-order valence-corrected chi connectivity index (χ1v) is 4.24. The van der Waals surface area contributed by atoms with Crippen LogP contribution in [0.5, 0.6) is 5.75 Å². The maximum Gasteiger partial charge on any atom is 0.128 e. The van der Waals surface area contributed by atoms with Crippen LogP contribution in [0.15, 0.2) is 24.4 Å². The lowest BCUT2D eigenvalue weighted by atomic mass is 10.2. The van der Waals surface area contributed by atoms with Crippen LogP contribution < -0.4 is 0 Å². The normalized spacial score (nSPS) is 10.5. The molecule has 3 nitrogen and oxygen atoms in total. The zero-order chi connectivity index (χ0) is 9.26. The van der Waals surface area contributed by atoms with Gasteiger partial charge in [0.1, 0.15) is 11.6 Å². The second kappa shape index (κ2) is 3.01. The molecular formula is C10H10N2O. The number of phenolic OH excluding ortho intramolecular Hbond substituents is 1. The highest BCUT2D eigenvalue weighted by Gasteiger charge is 1.98. The molecule has 1 heterocycles. The molecule has 3 heteroatoms. The van der Waals surface area contributed by atoms with E-state index < -0.39 is 0 Å². The van der Waals surface area contributed by atoms with Gasteiger partial charge >= 0.3 is 0 Å². The summed E-state index contributed by atoms with van der Waals surface area (Å²) in [6.45, 7) is 2.02. The summed E-state index contributed by atoms with van der Waals surface area (Å²) in [5.74, 6) is 1.08. The van der Waals surface area contributed by atoms with Crippen molar-refractivity contribution in [3.63, 3.8) is 0 Å². The van der Waals surface area contributed by atoms with Gasteiger partial charge in [-0.2, -0.15) is 0 Å². The average molecular weight is 174 g/mol. The third-order valence-electron chi connectivity index (χ3n) is 1.93. The zero-order valence-corrected chi connectivity index (χ0v) is 7.36. The predicted octanol–water partition coefficient (Wildman–Crippen LogP) is 1.90. The van der Waals surface area contributed by atoms with Crippen molar-refractivity contribution in [2.45, 2.75) is 13.3 Å². The Balaban J connectivity index is 2.66. The van der Waals surface area contributed by atoms with Gasteiger partial charge in [0.25, 0.3) is 0 Å². The molecule has 0 aliphatic heterocycles. The number of fused-ring (bicyclic) bond motifs is 1. The van der Waals surface area contributed by atoms with E-state index in [1.165, 1.54) is 0 Å². The number of nitrogens with zero attached hydrogens (tertiary/aromatic N) is 2. The molecule has 0 saturated carbocycles. The molecule has 1 N–H and O–H groups in total. The first-order valence-electron chi connectivity index (χ1n) is 4.24. The molecule has 2 aromatic rings. The number of rotatable bonds is 1. The van der Waals surface area contributed by atoms with Crippen molar-refractivity contribution in [1.29, 1.82) is 0 Å². The lowest BCUT2D eigenvalue weighted by Gasteiger charge is -1.99. The van der Waals surface area contributed by atoms with E-state index in [4.69, 9.17) is 0 Å². The molecule has 66 valence electrons. The Labute approximate surface area is 76.1 Å². The average Bonchev–Trinajstić information content (AvgIpc) is 2.17. The summed E-state index contributed by atoms with van der Waals surface area (Å²) in [5.41, 5.74) is 0.879. The first-order chi connectivity index (χ1) is 6.29. The van der Waals surface area contributed by atoms with Crippen LogP contribution in [0.2, 0.25) is 0 Å². The van der Waals surface area contributed by atoms with Crippen LogP contribution in [0.3, 0.4) is 0 Å². The van der Waals surface area contributed by atoms with Crippen molar-refractivity contribution in [2.24, 2.45) is 0 Å². The Morgan fingerprint density at radius 2 is 2.23 bits per heavy atom. The Kier molecular flexibility index (Phi) is 1.85. The Hall–Kier alpha value is -1.64. The van der Waals surface area contributed by atoms with Crippen molar-refractivity contribution in [3.8, 4) is 5.75 Å². The maximum atomic E-state index is 9.20. The number of phenols is 1. The lowest BCUT2D eigenvalue weighted by Crippen LogP contribution is -1.91. The van der Waals surface area contributed by atoms with E-state index in [1.54, 1.807) is 24.4 Å². The minimum Gasteiger partial charge on any atom is -0.508 e. The second-order valence-electron chi connectivity index (χ2n) is 2.88. The van der Waals surface area contributed by atoms with Crippen LogP contribution in [0.1, 0.15) is 12.7 Å². The minimum absolute atomic E-state index is 0.250. The number of aromatic hydroxyl groups is 1. The summed E-state index contributed by atoms with van der Waals surface area (Å²) >= 11 is 0. The standard InChI is InChI=1S/C10H10N2O/c1-2-10-11-6-7-5-8(13)3-4-9(7)12-10/h3-6,13H,2H2,1H3.